The second-order valence-corrected chi connectivity index (χ2v) is 3.72. The van der Waals surface area contributed by atoms with Crippen molar-refractivity contribution in [2.75, 3.05) is 13.7 Å². The van der Waals surface area contributed by atoms with E-state index in [9.17, 15) is 4.39 Å². The minimum atomic E-state index is -0.205. The molecule has 0 aromatic heterocycles. The largest absolute Gasteiger partial charge is 0.377 e. The van der Waals surface area contributed by atoms with Crippen molar-refractivity contribution in [3.05, 3.63) is 35.6 Å². The zero-order chi connectivity index (χ0) is 12.0. The van der Waals surface area contributed by atoms with Crippen molar-refractivity contribution < 1.29 is 9.13 Å². The van der Waals surface area contributed by atoms with Crippen molar-refractivity contribution in [3.63, 3.8) is 0 Å². The summed E-state index contributed by atoms with van der Waals surface area (Å²) >= 11 is 0. The minimum absolute atomic E-state index is 0.116. The van der Waals surface area contributed by atoms with Gasteiger partial charge in [-0.2, -0.15) is 0 Å². The molecule has 0 saturated carbocycles. The summed E-state index contributed by atoms with van der Waals surface area (Å²) in [5, 5.41) is 3.23. The van der Waals surface area contributed by atoms with Crippen LogP contribution in [0, 0.1) is 5.82 Å². The van der Waals surface area contributed by atoms with Crippen LogP contribution in [0.3, 0.4) is 0 Å². The number of rotatable bonds is 6. The summed E-state index contributed by atoms with van der Waals surface area (Å²) in [6.45, 7) is 4.77. The van der Waals surface area contributed by atoms with Crippen LogP contribution in [0.1, 0.15) is 31.9 Å². The topological polar surface area (TPSA) is 21.3 Å². The Labute approximate surface area is 96.8 Å². The number of benzene rings is 1. The first kappa shape index (κ1) is 13.1. The molecule has 1 rings (SSSR count). The lowest BCUT2D eigenvalue weighted by molar-refractivity contribution is 0.0334. The van der Waals surface area contributed by atoms with Gasteiger partial charge in [-0.1, -0.05) is 19.1 Å². The molecule has 0 heterocycles. The lowest BCUT2D eigenvalue weighted by Gasteiger charge is -2.26. The fourth-order valence-electron chi connectivity index (χ4n) is 1.90. The first-order valence-electron chi connectivity index (χ1n) is 5.77. The Morgan fingerprint density at radius 3 is 2.31 bits per heavy atom. The molecule has 2 unspecified atom stereocenters. The number of ether oxygens (including phenoxy) is 1. The molecule has 0 aliphatic heterocycles. The van der Waals surface area contributed by atoms with Gasteiger partial charge in [0, 0.05) is 6.61 Å². The van der Waals surface area contributed by atoms with E-state index in [4.69, 9.17) is 4.74 Å². The summed E-state index contributed by atoms with van der Waals surface area (Å²) in [5.74, 6) is -0.205. The number of hydrogen-bond donors (Lipinski definition) is 1. The summed E-state index contributed by atoms with van der Waals surface area (Å²) in [6.07, 6.45) is 1.05. The number of hydrogen-bond acceptors (Lipinski definition) is 2. The van der Waals surface area contributed by atoms with E-state index in [-0.39, 0.29) is 18.0 Å². The molecule has 0 fully saturated rings. The Balaban J connectivity index is 2.83. The van der Waals surface area contributed by atoms with E-state index in [1.807, 2.05) is 14.0 Å². The van der Waals surface area contributed by atoms with Crippen molar-refractivity contribution in [1.29, 1.82) is 0 Å². The standard InChI is InChI=1S/C13H20FNO/c1-4-12(16-5-2)13(15-3)10-6-8-11(14)9-7-10/h6-9,12-13,15H,4-5H2,1-3H3. The van der Waals surface area contributed by atoms with Gasteiger partial charge in [0.1, 0.15) is 5.82 Å². The van der Waals surface area contributed by atoms with E-state index in [0.29, 0.717) is 6.61 Å². The molecule has 0 amide bonds. The van der Waals surface area contributed by atoms with E-state index >= 15 is 0 Å². The molecule has 0 aliphatic carbocycles. The summed E-state index contributed by atoms with van der Waals surface area (Å²) in [5.41, 5.74) is 1.06. The quantitative estimate of drug-likeness (QED) is 0.803. The second kappa shape index (κ2) is 6.61. The zero-order valence-corrected chi connectivity index (χ0v) is 10.2. The third-order valence-corrected chi connectivity index (χ3v) is 2.70. The predicted molar refractivity (Wildman–Crippen MR) is 63.9 cm³/mol. The Hall–Kier alpha value is -0.930. The maximum atomic E-state index is 12.8. The molecule has 0 bridgehead atoms. The highest BCUT2D eigenvalue weighted by atomic mass is 19.1. The van der Waals surface area contributed by atoms with Gasteiger partial charge in [0.05, 0.1) is 12.1 Å². The number of nitrogens with one attached hydrogen (secondary N) is 1. The number of halogens is 1. The molecule has 0 saturated heterocycles. The van der Waals surface area contributed by atoms with Gasteiger partial charge in [0.25, 0.3) is 0 Å². The highest BCUT2D eigenvalue weighted by Gasteiger charge is 2.20. The molecule has 90 valence electrons. The van der Waals surface area contributed by atoms with Gasteiger partial charge in [-0.05, 0) is 38.1 Å². The molecule has 2 atom stereocenters. The monoisotopic (exact) mass is 225 g/mol. The molecule has 16 heavy (non-hydrogen) atoms. The van der Waals surface area contributed by atoms with Crippen LogP contribution in [-0.2, 0) is 4.74 Å². The molecule has 3 heteroatoms. The third-order valence-electron chi connectivity index (χ3n) is 2.70. The SMILES string of the molecule is CCOC(CC)C(NC)c1ccc(F)cc1. The fourth-order valence-corrected chi connectivity index (χ4v) is 1.90. The average Bonchev–Trinajstić information content (AvgIpc) is 2.31. The maximum Gasteiger partial charge on any atom is 0.123 e. The summed E-state index contributed by atoms with van der Waals surface area (Å²) in [4.78, 5) is 0. The summed E-state index contributed by atoms with van der Waals surface area (Å²) in [7, 11) is 1.90. The van der Waals surface area contributed by atoms with Gasteiger partial charge in [-0.15, -0.1) is 0 Å². The van der Waals surface area contributed by atoms with Crippen LogP contribution in [0.5, 0.6) is 0 Å². The normalized spacial score (nSPS) is 14.8. The van der Waals surface area contributed by atoms with Crippen LogP contribution < -0.4 is 5.32 Å². The second-order valence-electron chi connectivity index (χ2n) is 3.72. The van der Waals surface area contributed by atoms with Gasteiger partial charge in [0.2, 0.25) is 0 Å². The first-order valence-corrected chi connectivity index (χ1v) is 5.77. The Bertz CT molecular complexity index is 299. The van der Waals surface area contributed by atoms with Crippen molar-refractivity contribution in [1.82, 2.24) is 5.32 Å². The Morgan fingerprint density at radius 1 is 1.25 bits per heavy atom. The van der Waals surface area contributed by atoms with E-state index in [2.05, 4.69) is 12.2 Å². The minimum Gasteiger partial charge on any atom is -0.377 e. The Morgan fingerprint density at radius 2 is 1.88 bits per heavy atom. The van der Waals surface area contributed by atoms with Crippen LogP contribution in [0.25, 0.3) is 0 Å². The molecular weight excluding hydrogens is 205 g/mol. The maximum absolute atomic E-state index is 12.8. The van der Waals surface area contributed by atoms with Gasteiger partial charge in [0.15, 0.2) is 0 Å². The fraction of sp³-hybridized carbons (Fsp3) is 0.538. The summed E-state index contributed by atoms with van der Waals surface area (Å²) in [6, 6.07) is 6.69. The van der Waals surface area contributed by atoms with E-state index in [1.165, 1.54) is 12.1 Å². The Kier molecular flexibility index (Phi) is 5.43. The van der Waals surface area contributed by atoms with E-state index in [1.54, 1.807) is 12.1 Å². The molecule has 1 N–H and O–H groups in total. The lowest BCUT2D eigenvalue weighted by atomic mass is 9.99. The average molecular weight is 225 g/mol. The van der Waals surface area contributed by atoms with Gasteiger partial charge in [-0.3, -0.25) is 0 Å². The molecule has 2 nitrogen and oxygen atoms in total. The molecule has 0 spiro atoms. The van der Waals surface area contributed by atoms with Crippen molar-refractivity contribution >= 4 is 0 Å². The lowest BCUT2D eigenvalue weighted by Crippen LogP contribution is -2.31. The molecular formula is C13H20FNO. The first-order chi connectivity index (χ1) is 7.72. The number of likely N-dealkylation sites (N-methyl/N-ethyl adjacent to an activating group) is 1. The molecule has 0 radical (unpaired) electrons. The van der Waals surface area contributed by atoms with Gasteiger partial charge >= 0.3 is 0 Å². The van der Waals surface area contributed by atoms with Crippen LogP contribution >= 0.6 is 0 Å². The van der Waals surface area contributed by atoms with Crippen LogP contribution in [0.4, 0.5) is 4.39 Å². The van der Waals surface area contributed by atoms with Crippen LogP contribution in [-0.4, -0.2) is 19.8 Å². The van der Waals surface area contributed by atoms with Gasteiger partial charge in [-0.25, -0.2) is 4.39 Å². The highest BCUT2D eigenvalue weighted by Crippen LogP contribution is 2.21. The van der Waals surface area contributed by atoms with Crippen molar-refractivity contribution in [2.24, 2.45) is 0 Å². The molecule has 1 aromatic carbocycles. The zero-order valence-electron chi connectivity index (χ0n) is 10.2. The van der Waals surface area contributed by atoms with E-state index in [0.717, 1.165) is 12.0 Å². The van der Waals surface area contributed by atoms with Crippen molar-refractivity contribution in [3.8, 4) is 0 Å². The molecule has 0 aliphatic rings. The smallest absolute Gasteiger partial charge is 0.123 e. The van der Waals surface area contributed by atoms with Crippen LogP contribution in [0.2, 0.25) is 0 Å². The van der Waals surface area contributed by atoms with Gasteiger partial charge < -0.3 is 10.1 Å². The molecule has 1 aromatic rings. The van der Waals surface area contributed by atoms with Crippen molar-refractivity contribution in [2.45, 2.75) is 32.4 Å². The van der Waals surface area contributed by atoms with E-state index < -0.39 is 0 Å². The predicted octanol–water partition coefficient (Wildman–Crippen LogP) is 2.90. The third kappa shape index (κ3) is 3.29. The van der Waals surface area contributed by atoms with Crippen LogP contribution in [0.15, 0.2) is 24.3 Å². The highest BCUT2D eigenvalue weighted by molar-refractivity contribution is 5.21. The summed E-state index contributed by atoms with van der Waals surface area (Å²) < 4.78 is 18.5.